The first-order valence-corrected chi connectivity index (χ1v) is 5.91. The Kier molecular flexibility index (Phi) is 2.08. The number of hydrogen-bond acceptors (Lipinski definition) is 1. The molecule has 0 unspecified atom stereocenters. The summed E-state index contributed by atoms with van der Waals surface area (Å²) in [5, 5.41) is 9.36. The summed E-state index contributed by atoms with van der Waals surface area (Å²) in [4.78, 5) is 13.2. The first-order valence-electron chi connectivity index (χ1n) is 5.00. The number of hydrogen-bond donors (Lipinski definition) is 1. The van der Waals surface area contributed by atoms with Gasteiger partial charge in [-0.2, -0.15) is 0 Å². The van der Waals surface area contributed by atoms with Crippen LogP contribution >= 0.6 is 15.9 Å². The Balaban J connectivity index is 2.52. The highest BCUT2D eigenvalue weighted by Gasteiger charge is 2.61. The summed E-state index contributed by atoms with van der Waals surface area (Å²) in [6.45, 7) is 4.32. The van der Waals surface area contributed by atoms with Crippen molar-refractivity contribution >= 4 is 21.9 Å². The fraction of sp³-hybridized carbons (Fsp3) is 0.727. The average Bonchev–Trinajstić information content (AvgIpc) is 2.58. The molecule has 0 spiro atoms. The maximum absolute atomic E-state index is 11.4. The number of rotatable bonds is 1. The number of carboxylic acids is 1. The van der Waals surface area contributed by atoms with Crippen molar-refractivity contribution in [3.05, 3.63) is 10.6 Å². The van der Waals surface area contributed by atoms with Gasteiger partial charge in [0, 0.05) is 0 Å². The third-order valence-corrected chi connectivity index (χ3v) is 4.72. The van der Waals surface area contributed by atoms with Crippen molar-refractivity contribution in [1.82, 2.24) is 0 Å². The van der Waals surface area contributed by atoms with Crippen molar-refractivity contribution < 1.29 is 9.90 Å². The summed E-state index contributed by atoms with van der Waals surface area (Å²) in [6, 6.07) is 0. The van der Waals surface area contributed by atoms with Crippen LogP contribution in [0.4, 0.5) is 0 Å². The van der Waals surface area contributed by atoms with Gasteiger partial charge in [0.2, 0.25) is 0 Å². The number of carboxylic acid groups (broad SMARTS) is 1. The standard InChI is InChI=1S/C11H15BrO2/c1-10(2)7-3-4-11(5-7,9(13)14)8(10)6-12/h6-7H,3-5H2,1-2H3,(H,13,14)/b8-6+/t7-,11+/m0/s1. The molecule has 2 bridgehead atoms. The molecule has 0 radical (unpaired) electrons. The van der Waals surface area contributed by atoms with Crippen molar-refractivity contribution in [3.63, 3.8) is 0 Å². The van der Waals surface area contributed by atoms with Gasteiger partial charge >= 0.3 is 5.97 Å². The highest BCUT2D eigenvalue weighted by molar-refractivity contribution is 9.11. The smallest absolute Gasteiger partial charge is 0.313 e. The first kappa shape index (κ1) is 10.2. The molecule has 14 heavy (non-hydrogen) atoms. The van der Waals surface area contributed by atoms with Crippen LogP contribution in [0.5, 0.6) is 0 Å². The van der Waals surface area contributed by atoms with E-state index in [0.29, 0.717) is 5.92 Å². The second kappa shape index (κ2) is 2.84. The molecule has 2 fully saturated rings. The molecule has 0 heterocycles. The molecular weight excluding hydrogens is 244 g/mol. The highest BCUT2D eigenvalue weighted by atomic mass is 79.9. The van der Waals surface area contributed by atoms with Crippen molar-refractivity contribution in [2.45, 2.75) is 33.1 Å². The predicted octanol–water partition coefficient (Wildman–Crippen LogP) is 3.18. The number of aliphatic carboxylic acids is 1. The lowest BCUT2D eigenvalue weighted by atomic mass is 9.68. The van der Waals surface area contributed by atoms with Crippen molar-refractivity contribution in [2.75, 3.05) is 0 Å². The van der Waals surface area contributed by atoms with Crippen LogP contribution in [0.2, 0.25) is 0 Å². The van der Waals surface area contributed by atoms with Crippen molar-refractivity contribution in [1.29, 1.82) is 0 Å². The summed E-state index contributed by atoms with van der Waals surface area (Å²) in [7, 11) is 0. The fourth-order valence-electron chi connectivity index (χ4n) is 3.30. The van der Waals surface area contributed by atoms with Gasteiger partial charge in [0.25, 0.3) is 0 Å². The molecule has 0 amide bonds. The van der Waals surface area contributed by atoms with E-state index in [4.69, 9.17) is 0 Å². The topological polar surface area (TPSA) is 37.3 Å². The third-order valence-electron chi connectivity index (χ3n) is 4.26. The molecule has 0 aromatic rings. The SMILES string of the molecule is CC1(C)/C(=C\Br)[C@@]2(C(=O)O)CC[C@H]1C2. The molecule has 2 aliphatic carbocycles. The van der Waals surface area contributed by atoms with Gasteiger partial charge in [0.05, 0.1) is 5.41 Å². The fourth-order valence-corrected chi connectivity index (χ4v) is 4.33. The van der Waals surface area contributed by atoms with E-state index >= 15 is 0 Å². The van der Waals surface area contributed by atoms with Crippen LogP contribution < -0.4 is 0 Å². The van der Waals surface area contributed by atoms with Gasteiger partial charge < -0.3 is 5.11 Å². The van der Waals surface area contributed by atoms with Gasteiger partial charge in [-0.3, -0.25) is 4.79 Å². The third kappa shape index (κ3) is 0.992. The zero-order valence-electron chi connectivity index (χ0n) is 8.51. The van der Waals surface area contributed by atoms with E-state index in [-0.39, 0.29) is 5.41 Å². The number of carbonyl (C=O) groups is 1. The zero-order valence-corrected chi connectivity index (χ0v) is 10.1. The Bertz CT molecular complexity index is 319. The molecule has 2 saturated carbocycles. The van der Waals surface area contributed by atoms with Gasteiger partial charge in [0.1, 0.15) is 0 Å². The van der Waals surface area contributed by atoms with Gasteiger partial charge in [-0.1, -0.05) is 29.8 Å². The highest BCUT2D eigenvalue weighted by Crippen LogP contribution is 2.66. The Morgan fingerprint density at radius 2 is 2.29 bits per heavy atom. The van der Waals surface area contributed by atoms with E-state index in [1.54, 1.807) is 0 Å². The van der Waals surface area contributed by atoms with Crippen LogP contribution in [0.25, 0.3) is 0 Å². The second-order valence-corrected chi connectivity index (χ2v) is 5.53. The molecule has 3 heteroatoms. The van der Waals surface area contributed by atoms with E-state index in [2.05, 4.69) is 29.8 Å². The van der Waals surface area contributed by atoms with Crippen LogP contribution in [-0.2, 0) is 4.79 Å². The largest absolute Gasteiger partial charge is 0.481 e. The summed E-state index contributed by atoms with van der Waals surface area (Å²) < 4.78 is 0. The zero-order chi connectivity index (χ0) is 10.6. The Morgan fingerprint density at radius 1 is 1.64 bits per heavy atom. The molecule has 0 aromatic carbocycles. The monoisotopic (exact) mass is 258 g/mol. The lowest BCUT2D eigenvalue weighted by Crippen LogP contribution is -2.33. The Morgan fingerprint density at radius 3 is 2.71 bits per heavy atom. The van der Waals surface area contributed by atoms with E-state index in [1.807, 2.05) is 4.99 Å². The molecule has 78 valence electrons. The predicted molar refractivity (Wildman–Crippen MR) is 58.2 cm³/mol. The summed E-state index contributed by atoms with van der Waals surface area (Å²) in [5.41, 5.74) is 0.575. The summed E-state index contributed by atoms with van der Waals surface area (Å²) >= 11 is 3.33. The first-order chi connectivity index (χ1) is 6.45. The van der Waals surface area contributed by atoms with E-state index in [0.717, 1.165) is 24.8 Å². The van der Waals surface area contributed by atoms with Crippen molar-refractivity contribution in [2.24, 2.45) is 16.7 Å². The number of halogens is 1. The summed E-state index contributed by atoms with van der Waals surface area (Å²) in [6.07, 6.45) is 2.70. The van der Waals surface area contributed by atoms with Crippen LogP contribution in [0, 0.1) is 16.7 Å². The molecule has 0 aliphatic heterocycles. The second-order valence-electron chi connectivity index (χ2n) is 5.07. The minimum atomic E-state index is -0.642. The lowest BCUT2D eigenvalue weighted by molar-refractivity contribution is -0.146. The summed E-state index contributed by atoms with van der Waals surface area (Å²) in [5.74, 6) is -0.0984. The quantitative estimate of drug-likeness (QED) is 0.785. The molecule has 2 aliphatic rings. The Hall–Kier alpha value is -0.310. The van der Waals surface area contributed by atoms with Crippen LogP contribution in [-0.4, -0.2) is 11.1 Å². The van der Waals surface area contributed by atoms with Gasteiger partial charge in [-0.25, -0.2) is 0 Å². The van der Waals surface area contributed by atoms with Gasteiger partial charge in [-0.05, 0) is 41.2 Å². The Labute approximate surface area is 92.5 Å². The van der Waals surface area contributed by atoms with E-state index in [1.165, 1.54) is 0 Å². The molecule has 0 aromatic heterocycles. The average molecular weight is 259 g/mol. The molecule has 2 nitrogen and oxygen atoms in total. The van der Waals surface area contributed by atoms with Crippen LogP contribution in [0.3, 0.4) is 0 Å². The van der Waals surface area contributed by atoms with Crippen LogP contribution in [0.1, 0.15) is 33.1 Å². The lowest BCUT2D eigenvalue weighted by Gasteiger charge is -2.36. The molecular formula is C11H15BrO2. The van der Waals surface area contributed by atoms with E-state index in [9.17, 15) is 9.90 Å². The molecule has 0 saturated heterocycles. The van der Waals surface area contributed by atoms with E-state index < -0.39 is 11.4 Å². The molecule has 2 rings (SSSR count). The minimum Gasteiger partial charge on any atom is -0.481 e. The maximum atomic E-state index is 11.4. The normalized spacial score (nSPS) is 41.9. The molecule has 2 atom stereocenters. The maximum Gasteiger partial charge on any atom is 0.313 e. The van der Waals surface area contributed by atoms with Crippen LogP contribution in [0.15, 0.2) is 10.6 Å². The molecule has 1 N–H and O–H groups in total. The number of fused-ring (bicyclic) bond motifs is 2. The minimum absolute atomic E-state index is 0.0557. The van der Waals surface area contributed by atoms with Gasteiger partial charge in [-0.15, -0.1) is 0 Å². The van der Waals surface area contributed by atoms with Crippen molar-refractivity contribution in [3.8, 4) is 0 Å². The van der Waals surface area contributed by atoms with Gasteiger partial charge in [0.15, 0.2) is 0 Å².